The summed E-state index contributed by atoms with van der Waals surface area (Å²) in [5.41, 5.74) is 0.538. The van der Waals surface area contributed by atoms with Crippen LogP contribution in [0.1, 0.15) is 36.0 Å². The van der Waals surface area contributed by atoms with Gasteiger partial charge in [0.15, 0.2) is 5.78 Å². The predicted octanol–water partition coefficient (Wildman–Crippen LogP) is 1.70. The van der Waals surface area contributed by atoms with Crippen molar-refractivity contribution in [3.8, 4) is 0 Å². The Morgan fingerprint density at radius 3 is 2.64 bits per heavy atom. The summed E-state index contributed by atoms with van der Waals surface area (Å²) in [5, 5.41) is 10.3. The minimum Gasteiger partial charge on any atom is -0.390 e. The number of aliphatic hydroxyl groups is 1. The normalized spacial score (nSPS) is 23.0. The zero-order valence-electron chi connectivity index (χ0n) is 14.4. The van der Waals surface area contributed by atoms with Crippen molar-refractivity contribution in [3.05, 3.63) is 35.6 Å². The molecular formula is C19H25FN2O3. The van der Waals surface area contributed by atoms with Crippen LogP contribution in [0.3, 0.4) is 0 Å². The van der Waals surface area contributed by atoms with E-state index in [1.807, 2.05) is 0 Å². The Balaban J connectivity index is 1.52. The minimum atomic E-state index is -0.596. The number of rotatable bonds is 6. The van der Waals surface area contributed by atoms with E-state index in [0.29, 0.717) is 31.6 Å². The van der Waals surface area contributed by atoms with E-state index < -0.39 is 6.10 Å². The molecule has 136 valence electrons. The molecule has 6 heteroatoms. The highest BCUT2D eigenvalue weighted by Crippen LogP contribution is 2.21. The van der Waals surface area contributed by atoms with E-state index in [2.05, 4.69) is 4.90 Å². The van der Waals surface area contributed by atoms with Crippen LogP contribution in [0, 0.1) is 11.7 Å². The lowest BCUT2D eigenvalue weighted by Gasteiger charge is -2.34. The van der Waals surface area contributed by atoms with Crippen molar-refractivity contribution in [1.82, 2.24) is 9.80 Å². The fourth-order valence-corrected chi connectivity index (χ4v) is 3.79. The molecule has 2 saturated heterocycles. The van der Waals surface area contributed by atoms with Gasteiger partial charge in [-0.3, -0.25) is 14.5 Å². The van der Waals surface area contributed by atoms with Crippen LogP contribution in [0.25, 0.3) is 0 Å². The van der Waals surface area contributed by atoms with Crippen LogP contribution in [0.2, 0.25) is 0 Å². The molecule has 3 rings (SSSR count). The Labute approximate surface area is 147 Å². The van der Waals surface area contributed by atoms with Crippen LogP contribution in [0.15, 0.2) is 24.3 Å². The zero-order chi connectivity index (χ0) is 17.8. The number of piperidine rings is 1. The van der Waals surface area contributed by atoms with Crippen molar-refractivity contribution in [1.29, 1.82) is 0 Å². The smallest absolute Gasteiger partial charge is 0.222 e. The van der Waals surface area contributed by atoms with E-state index in [1.54, 1.807) is 4.90 Å². The molecule has 5 nitrogen and oxygen atoms in total. The van der Waals surface area contributed by atoms with Crippen molar-refractivity contribution in [3.63, 3.8) is 0 Å². The van der Waals surface area contributed by atoms with Gasteiger partial charge in [0.05, 0.1) is 6.10 Å². The lowest BCUT2D eigenvalue weighted by atomic mass is 9.90. The van der Waals surface area contributed by atoms with Crippen LogP contribution in [-0.4, -0.2) is 65.4 Å². The summed E-state index contributed by atoms with van der Waals surface area (Å²) in [5.74, 6) is -0.322. The highest BCUT2D eigenvalue weighted by Gasteiger charge is 2.29. The number of aliphatic hydroxyl groups excluding tert-OH is 1. The standard InChI is InChI=1S/C19H25FN2O3/c20-16-7-5-14(6-8-16)19(25)15-3-1-9-21(11-15)12-17(23)13-22-10-2-4-18(22)24/h5-8,15,17,23H,1-4,9-13H2. The highest BCUT2D eigenvalue weighted by molar-refractivity contribution is 5.98. The van der Waals surface area contributed by atoms with Crippen molar-refractivity contribution in [2.75, 3.05) is 32.7 Å². The Bertz CT molecular complexity index is 620. The monoisotopic (exact) mass is 348 g/mol. The van der Waals surface area contributed by atoms with Crippen LogP contribution in [-0.2, 0) is 4.79 Å². The van der Waals surface area contributed by atoms with Crippen LogP contribution >= 0.6 is 0 Å². The molecule has 1 aromatic rings. The topological polar surface area (TPSA) is 60.9 Å². The first-order valence-corrected chi connectivity index (χ1v) is 9.01. The first-order valence-electron chi connectivity index (χ1n) is 9.01. The number of likely N-dealkylation sites (tertiary alicyclic amines) is 2. The Hall–Kier alpha value is -1.79. The Morgan fingerprint density at radius 1 is 1.20 bits per heavy atom. The van der Waals surface area contributed by atoms with Crippen LogP contribution in [0.4, 0.5) is 4.39 Å². The first-order chi connectivity index (χ1) is 12.0. The van der Waals surface area contributed by atoms with Gasteiger partial charge in [-0.15, -0.1) is 0 Å². The molecule has 1 N–H and O–H groups in total. The Morgan fingerprint density at radius 2 is 1.96 bits per heavy atom. The van der Waals surface area contributed by atoms with Gasteiger partial charge in [0, 0.05) is 44.1 Å². The summed E-state index contributed by atoms with van der Waals surface area (Å²) in [6.45, 7) is 3.00. The van der Waals surface area contributed by atoms with Gasteiger partial charge in [-0.25, -0.2) is 4.39 Å². The molecular weight excluding hydrogens is 323 g/mol. The van der Waals surface area contributed by atoms with E-state index in [9.17, 15) is 19.1 Å². The molecule has 1 aromatic carbocycles. The number of nitrogens with zero attached hydrogens (tertiary/aromatic N) is 2. The fraction of sp³-hybridized carbons (Fsp3) is 0.579. The molecule has 2 aliphatic rings. The second-order valence-electron chi connectivity index (χ2n) is 7.07. The predicted molar refractivity (Wildman–Crippen MR) is 91.7 cm³/mol. The third-order valence-corrected chi connectivity index (χ3v) is 5.08. The number of amides is 1. The third-order valence-electron chi connectivity index (χ3n) is 5.08. The van der Waals surface area contributed by atoms with E-state index in [4.69, 9.17) is 0 Å². The molecule has 2 atom stereocenters. The van der Waals surface area contributed by atoms with Gasteiger partial charge < -0.3 is 10.0 Å². The maximum atomic E-state index is 13.0. The molecule has 0 saturated carbocycles. The van der Waals surface area contributed by atoms with Gasteiger partial charge in [0.2, 0.25) is 5.91 Å². The SMILES string of the molecule is O=C(c1ccc(F)cc1)C1CCCN(CC(O)CN2CCCC2=O)C1. The number of carbonyl (C=O) groups is 2. The summed E-state index contributed by atoms with van der Waals surface area (Å²) < 4.78 is 13.0. The van der Waals surface area contributed by atoms with Gasteiger partial charge in [-0.05, 0) is 50.1 Å². The maximum Gasteiger partial charge on any atom is 0.222 e. The van der Waals surface area contributed by atoms with E-state index >= 15 is 0 Å². The quantitative estimate of drug-likeness (QED) is 0.795. The molecule has 0 aliphatic carbocycles. The van der Waals surface area contributed by atoms with Gasteiger partial charge in [-0.1, -0.05) is 0 Å². The number of hydrogen-bond donors (Lipinski definition) is 1. The second kappa shape index (κ2) is 8.06. The van der Waals surface area contributed by atoms with Crippen molar-refractivity contribution in [2.45, 2.75) is 31.8 Å². The lowest BCUT2D eigenvalue weighted by molar-refractivity contribution is -0.129. The number of Topliss-reactive ketones (excluding diaryl/α,β-unsaturated/α-hetero) is 1. The molecule has 2 fully saturated rings. The molecule has 0 radical (unpaired) electrons. The largest absolute Gasteiger partial charge is 0.390 e. The zero-order valence-corrected chi connectivity index (χ0v) is 14.4. The summed E-state index contributed by atoms with van der Waals surface area (Å²) in [7, 11) is 0. The van der Waals surface area contributed by atoms with Crippen molar-refractivity contribution >= 4 is 11.7 Å². The van der Waals surface area contributed by atoms with Crippen LogP contribution in [0.5, 0.6) is 0 Å². The summed E-state index contributed by atoms with van der Waals surface area (Å²) in [4.78, 5) is 28.1. The number of ketones is 1. The number of hydrogen-bond acceptors (Lipinski definition) is 4. The van der Waals surface area contributed by atoms with Gasteiger partial charge in [0.1, 0.15) is 5.82 Å². The number of carbonyl (C=O) groups excluding carboxylic acids is 2. The second-order valence-corrected chi connectivity index (χ2v) is 7.07. The number of benzene rings is 1. The van der Waals surface area contributed by atoms with Gasteiger partial charge in [-0.2, -0.15) is 0 Å². The molecule has 2 aliphatic heterocycles. The highest BCUT2D eigenvalue weighted by atomic mass is 19.1. The Kier molecular flexibility index (Phi) is 5.81. The molecule has 2 unspecified atom stereocenters. The molecule has 25 heavy (non-hydrogen) atoms. The summed E-state index contributed by atoms with van der Waals surface area (Å²) in [6, 6.07) is 5.68. The lowest BCUT2D eigenvalue weighted by Crippen LogP contribution is -2.45. The molecule has 0 bridgehead atoms. The summed E-state index contributed by atoms with van der Waals surface area (Å²) >= 11 is 0. The van der Waals surface area contributed by atoms with Gasteiger partial charge >= 0.3 is 0 Å². The molecule has 2 heterocycles. The van der Waals surface area contributed by atoms with Crippen molar-refractivity contribution < 1.29 is 19.1 Å². The van der Waals surface area contributed by atoms with Crippen LogP contribution < -0.4 is 0 Å². The molecule has 1 amide bonds. The maximum absolute atomic E-state index is 13.0. The molecule has 0 spiro atoms. The van der Waals surface area contributed by atoms with E-state index in [0.717, 1.165) is 32.4 Å². The fourth-order valence-electron chi connectivity index (χ4n) is 3.79. The third kappa shape index (κ3) is 4.64. The average molecular weight is 348 g/mol. The van der Waals surface area contributed by atoms with E-state index in [1.165, 1.54) is 24.3 Å². The first kappa shape index (κ1) is 18.0. The van der Waals surface area contributed by atoms with E-state index in [-0.39, 0.29) is 23.4 Å². The van der Waals surface area contributed by atoms with Gasteiger partial charge in [0.25, 0.3) is 0 Å². The summed E-state index contributed by atoms with van der Waals surface area (Å²) in [6.07, 6.45) is 2.55. The van der Waals surface area contributed by atoms with Crippen molar-refractivity contribution in [2.24, 2.45) is 5.92 Å². The molecule has 0 aromatic heterocycles. The minimum absolute atomic E-state index is 0.0360. The average Bonchev–Trinajstić information content (AvgIpc) is 3.00. The number of halogens is 1. The number of β-amino-alcohol motifs (C(OH)–C–C–N with tert-alkyl or cyclic N) is 1.